The van der Waals surface area contributed by atoms with Crippen molar-refractivity contribution in [1.29, 1.82) is 0 Å². The maximum Gasteiger partial charge on any atom is 0.254 e. The fourth-order valence-electron chi connectivity index (χ4n) is 4.67. The zero-order chi connectivity index (χ0) is 22.9. The molecule has 2 aliphatic rings. The highest BCUT2D eigenvalue weighted by molar-refractivity contribution is 6.01. The second-order valence-corrected chi connectivity index (χ2v) is 8.57. The number of ether oxygens (including phenoxy) is 1. The van der Waals surface area contributed by atoms with Gasteiger partial charge in [0.1, 0.15) is 11.6 Å². The number of halogens is 1. The van der Waals surface area contributed by atoms with Crippen molar-refractivity contribution in [1.82, 2.24) is 10.2 Å². The van der Waals surface area contributed by atoms with E-state index in [4.69, 9.17) is 4.74 Å². The quantitative estimate of drug-likeness (QED) is 0.605. The molecule has 1 aliphatic carbocycles. The van der Waals surface area contributed by atoms with Gasteiger partial charge in [-0.25, -0.2) is 4.39 Å². The van der Waals surface area contributed by atoms with E-state index in [9.17, 15) is 14.0 Å². The minimum absolute atomic E-state index is 0.0384. The minimum atomic E-state index is -0.577. The van der Waals surface area contributed by atoms with E-state index in [0.29, 0.717) is 11.3 Å². The van der Waals surface area contributed by atoms with Crippen LogP contribution in [0.4, 0.5) is 4.39 Å². The monoisotopic (exact) mass is 444 g/mol. The lowest BCUT2D eigenvalue weighted by Gasteiger charge is -2.42. The van der Waals surface area contributed by atoms with Gasteiger partial charge in [-0.1, -0.05) is 42.5 Å². The van der Waals surface area contributed by atoms with E-state index in [1.807, 2.05) is 47.4 Å². The molecule has 1 fully saturated rings. The van der Waals surface area contributed by atoms with Gasteiger partial charge in [0.15, 0.2) is 0 Å². The Morgan fingerprint density at radius 2 is 1.82 bits per heavy atom. The molecule has 3 aromatic carbocycles. The van der Waals surface area contributed by atoms with Crippen LogP contribution in [0, 0.1) is 5.82 Å². The van der Waals surface area contributed by atoms with E-state index < -0.39 is 12.0 Å². The van der Waals surface area contributed by atoms with Crippen molar-refractivity contribution < 1.29 is 18.7 Å². The fraction of sp³-hybridized carbons (Fsp3) is 0.259. The van der Waals surface area contributed by atoms with Crippen LogP contribution < -0.4 is 10.1 Å². The molecule has 33 heavy (non-hydrogen) atoms. The van der Waals surface area contributed by atoms with Gasteiger partial charge in [-0.2, -0.15) is 0 Å². The van der Waals surface area contributed by atoms with Crippen LogP contribution in [-0.4, -0.2) is 29.9 Å². The van der Waals surface area contributed by atoms with Crippen LogP contribution in [0.15, 0.2) is 72.8 Å². The largest absolute Gasteiger partial charge is 0.497 e. The summed E-state index contributed by atoms with van der Waals surface area (Å²) in [5.41, 5.74) is 2.97. The van der Waals surface area contributed by atoms with Crippen molar-refractivity contribution in [2.45, 2.75) is 37.4 Å². The van der Waals surface area contributed by atoms with E-state index in [0.717, 1.165) is 29.5 Å². The minimum Gasteiger partial charge on any atom is -0.497 e. The third kappa shape index (κ3) is 4.09. The van der Waals surface area contributed by atoms with Crippen molar-refractivity contribution in [3.63, 3.8) is 0 Å². The average Bonchev–Trinajstić information content (AvgIpc) is 3.68. The summed E-state index contributed by atoms with van der Waals surface area (Å²) in [5.74, 6) is -0.420. The highest BCUT2D eigenvalue weighted by Crippen LogP contribution is 2.48. The zero-order valence-corrected chi connectivity index (χ0v) is 18.3. The number of hydrogen-bond acceptors (Lipinski definition) is 3. The number of amides is 2. The molecule has 5 nitrogen and oxygen atoms in total. The second kappa shape index (κ2) is 8.70. The molecule has 168 valence electrons. The standard InChI is InChI=1S/C27H25FN2O3/c1-33-21-6-4-5-18(15-21)25-24(26(31)29-16-17-9-11-19(28)12-10-17)22-7-2-3-8-23(22)27(32)30(25)20-13-14-20/h2-12,15,20,24-25H,13-14,16H2,1H3,(H,29,31). The van der Waals surface area contributed by atoms with Crippen molar-refractivity contribution in [2.24, 2.45) is 0 Å². The summed E-state index contributed by atoms with van der Waals surface area (Å²) >= 11 is 0. The number of benzene rings is 3. The van der Waals surface area contributed by atoms with E-state index in [-0.39, 0.29) is 30.2 Å². The van der Waals surface area contributed by atoms with Crippen molar-refractivity contribution in [2.75, 3.05) is 7.11 Å². The number of nitrogens with one attached hydrogen (secondary N) is 1. The maximum atomic E-state index is 13.7. The molecule has 0 saturated heterocycles. The number of nitrogens with zero attached hydrogens (tertiary/aromatic N) is 1. The molecule has 1 saturated carbocycles. The second-order valence-electron chi connectivity index (χ2n) is 8.57. The Morgan fingerprint density at radius 3 is 2.55 bits per heavy atom. The summed E-state index contributed by atoms with van der Waals surface area (Å²) < 4.78 is 18.7. The fourth-order valence-corrected chi connectivity index (χ4v) is 4.67. The average molecular weight is 445 g/mol. The Kier molecular flexibility index (Phi) is 5.58. The van der Waals surface area contributed by atoms with Crippen LogP contribution >= 0.6 is 0 Å². The Labute approximate surface area is 192 Å². The molecule has 0 radical (unpaired) electrons. The molecule has 2 amide bonds. The van der Waals surface area contributed by atoms with E-state index in [1.165, 1.54) is 12.1 Å². The van der Waals surface area contributed by atoms with Crippen LogP contribution in [0.25, 0.3) is 0 Å². The summed E-state index contributed by atoms with van der Waals surface area (Å²) in [6, 6.07) is 20.7. The van der Waals surface area contributed by atoms with Crippen LogP contribution in [0.3, 0.4) is 0 Å². The first-order chi connectivity index (χ1) is 16.1. The number of hydrogen-bond donors (Lipinski definition) is 1. The first kappa shape index (κ1) is 21.2. The number of carbonyl (C=O) groups excluding carboxylic acids is 2. The molecule has 6 heteroatoms. The van der Waals surface area contributed by atoms with Crippen LogP contribution in [-0.2, 0) is 11.3 Å². The number of fused-ring (bicyclic) bond motifs is 1. The lowest BCUT2D eigenvalue weighted by Crippen LogP contribution is -2.48. The SMILES string of the molecule is COc1cccc(C2C(C(=O)NCc3ccc(F)cc3)c3ccccc3C(=O)N2C2CC2)c1. The lowest BCUT2D eigenvalue weighted by atomic mass is 9.79. The van der Waals surface area contributed by atoms with Gasteiger partial charge in [-0.15, -0.1) is 0 Å². The van der Waals surface area contributed by atoms with Crippen molar-refractivity contribution in [3.8, 4) is 5.75 Å². The molecule has 0 aromatic heterocycles. The van der Waals surface area contributed by atoms with E-state index in [2.05, 4.69) is 5.32 Å². The third-order valence-corrected chi connectivity index (χ3v) is 6.41. The molecule has 2 unspecified atom stereocenters. The topological polar surface area (TPSA) is 58.6 Å². The number of rotatable bonds is 6. The predicted octanol–water partition coefficient (Wildman–Crippen LogP) is 4.59. The molecule has 5 rings (SSSR count). The zero-order valence-electron chi connectivity index (χ0n) is 18.3. The van der Waals surface area contributed by atoms with Gasteiger partial charge in [0.05, 0.1) is 19.1 Å². The number of methoxy groups -OCH3 is 1. The number of carbonyl (C=O) groups is 2. The van der Waals surface area contributed by atoms with Crippen molar-refractivity contribution in [3.05, 3.63) is 101 Å². The van der Waals surface area contributed by atoms with Crippen molar-refractivity contribution >= 4 is 11.8 Å². The Morgan fingerprint density at radius 1 is 1.06 bits per heavy atom. The molecule has 0 bridgehead atoms. The van der Waals surface area contributed by atoms with Gasteiger partial charge in [0, 0.05) is 18.2 Å². The highest BCUT2D eigenvalue weighted by Gasteiger charge is 2.49. The maximum absolute atomic E-state index is 13.7. The van der Waals surface area contributed by atoms with Gasteiger partial charge in [-0.05, 0) is 59.9 Å². The normalized spacial score (nSPS) is 19.7. The molecule has 1 N–H and O–H groups in total. The van der Waals surface area contributed by atoms with Gasteiger partial charge >= 0.3 is 0 Å². The van der Waals surface area contributed by atoms with Gasteiger partial charge in [-0.3, -0.25) is 9.59 Å². The summed E-state index contributed by atoms with van der Waals surface area (Å²) in [4.78, 5) is 29.1. The molecular weight excluding hydrogens is 419 g/mol. The summed E-state index contributed by atoms with van der Waals surface area (Å²) in [6.45, 7) is 0.278. The predicted molar refractivity (Wildman–Crippen MR) is 122 cm³/mol. The van der Waals surface area contributed by atoms with Crippen LogP contribution in [0.1, 0.15) is 51.8 Å². The Balaban J connectivity index is 1.56. The molecule has 1 heterocycles. The smallest absolute Gasteiger partial charge is 0.254 e. The summed E-state index contributed by atoms with van der Waals surface area (Å²) in [5, 5.41) is 3.02. The Hall–Kier alpha value is -3.67. The van der Waals surface area contributed by atoms with Crippen LogP contribution in [0.5, 0.6) is 5.75 Å². The molecule has 3 aromatic rings. The van der Waals surface area contributed by atoms with Gasteiger partial charge in [0.2, 0.25) is 5.91 Å². The molecule has 0 spiro atoms. The summed E-state index contributed by atoms with van der Waals surface area (Å²) in [7, 11) is 1.60. The van der Waals surface area contributed by atoms with E-state index >= 15 is 0 Å². The summed E-state index contributed by atoms with van der Waals surface area (Å²) in [6.07, 6.45) is 1.86. The molecule has 2 atom stereocenters. The Bertz CT molecular complexity index is 1190. The van der Waals surface area contributed by atoms with Gasteiger partial charge < -0.3 is 15.0 Å². The van der Waals surface area contributed by atoms with Crippen LogP contribution in [0.2, 0.25) is 0 Å². The molecular formula is C27H25FN2O3. The lowest BCUT2D eigenvalue weighted by molar-refractivity contribution is -0.124. The molecule has 1 aliphatic heterocycles. The van der Waals surface area contributed by atoms with E-state index in [1.54, 1.807) is 25.3 Å². The first-order valence-corrected chi connectivity index (χ1v) is 11.1. The van der Waals surface area contributed by atoms with Gasteiger partial charge in [0.25, 0.3) is 5.91 Å². The first-order valence-electron chi connectivity index (χ1n) is 11.1. The highest BCUT2D eigenvalue weighted by atomic mass is 19.1. The third-order valence-electron chi connectivity index (χ3n) is 6.41.